The number of aromatic nitrogens is 2. The van der Waals surface area contributed by atoms with Gasteiger partial charge in [0.1, 0.15) is 24.2 Å². The number of benzene rings is 2. The van der Waals surface area contributed by atoms with Crippen LogP contribution in [-0.4, -0.2) is 56.0 Å². The summed E-state index contributed by atoms with van der Waals surface area (Å²) in [5.41, 5.74) is 1.47. The first kappa shape index (κ1) is 27.6. The highest BCUT2D eigenvalue weighted by Gasteiger charge is 2.65. The number of alkyl halides is 2. The van der Waals surface area contributed by atoms with Gasteiger partial charge in [0.15, 0.2) is 18.0 Å². The number of nitrogen functional groups attached to an aromatic ring is 1. The number of nitrogens with one attached hydrogen (secondary N) is 1. The summed E-state index contributed by atoms with van der Waals surface area (Å²) in [5, 5.41) is 23.1. The monoisotopic (exact) mass is 554 g/mol. The van der Waals surface area contributed by atoms with Gasteiger partial charge < -0.3 is 25.2 Å². The average molecular weight is 554 g/mol. The Hall–Kier alpha value is -3.42. The maximum Gasteiger partial charge on any atom is 0.459 e. The Morgan fingerprint density at radius 1 is 1.29 bits per heavy atom. The van der Waals surface area contributed by atoms with E-state index in [0.29, 0.717) is 15.3 Å². The van der Waals surface area contributed by atoms with Gasteiger partial charge in [-0.2, -0.15) is 10.1 Å². The maximum absolute atomic E-state index is 15.8. The van der Waals surface area contributed by atoms with E-state index in [1.807, 2.05) is 0 Å². The lowest BCUT2D eigenvalue weighted by molar-refractivity contribution is -0.203. The molecule has 0 amide bonds. The summed E-state index contributed by atoms with van der Waals surface area (Å²) < 4.78 is 61.5. The number of carboxylic acids is 1. The maximum atomic E-state index is 15.8. The van der Waals surface area contributed by atoms with Gasteiger partial charge in [-0.15, -0.1) is 0 Å². The largest absolute Gasteiger partial charge is 0.480 e. The van der Waals surface area contributed by atoms with Crippen LogP contribution >= 0.6 is 7.75 Å². The van der Waals surface area contributed by atoms with Crippen molar-refractivity contribution >= 4 is 30.3 Å². The van der Waals surface area contributed by atoms with E-state index in [-0.39, 0.29) is 11.6 Å². The van der Waals surface area contributed by atoms with E-state index >= 15 is 8.78 Å². The van der Waals surface area contributed by atoms with Crippen molar-refractivity contribution in [3.05, 3.63) is 65.2 Å². The molecule has 1 aromatic heterocycles. The fourth-order valence-corrected chi connectivity index (χ4v) is 5.46. The molecule has 15 heteroatoms. The molecule has 1 unspecified atom stereocenters. The van der Waals surface area contributed by atoms with Gasteiger partial charge in [-0.25, -0.2) is 18.1 Å². The van der Waals surface area contributed by atoms with Crippen molar-refractivity contribution in [2.24, 2.45) is 0 Å². The molecule has 2 heterocycles. The van der Waals surface area contributed by atoms with Crippen molar-refractivity contribution in [3.63, 3.8) is 0 Å². The SMILES string of the molecule is C[C@H](NP(=O)(OC[C@@]1(F)O[C@@H](n2ccc(N)nc2=O)[C@](C)(F)[C@@H]1O)Oc1cccc2ccccc12)C(=O)O. The predicted octanol–water partition coefficient (Wildman–Crippen LogP) is 2.53. The fraction of sp³-hybridized carbons (Fsp3) is 0.348. The summed E-state index contributed by atoms with van der Waals surface area (Å²) in [6.45, 7) is 0.568. The number of carbonyl (C=O) groups is 1. The summed E-state index contributed by atoms with van der Waals surface area (Å²) in [7, 11) is -4.71. The van der Waals surface area contributed by atoms with Crippen LogP contribution in [0, 0.1) is 0 Å². The molecule has 2 aromatic carbocycles. The second-order valence-corrected chi connectivity index (χ2v) is 10.6. The highest BCUT2D eigenvalue weighted by atomic mass is 31.2. The molecule has 1 fully saturated rings. The molecular formula is C23H25F2N4O8P. The highest BCUT2D eigenvalue weighted by molar-refractivity contribution is 7.52. The molecule has 38 heavy (non-hydrogen) atoms. The van der Waals surface area contributed by atoms with Crippen LogP contribution < -0.4 is 21.0 Å². The van der Waals surface area contributed by atoms with E-state index in [2.05, 4.69) is 10.1 Å². The molecule has 0 bridgehead atoms. The molecular weight excluding hydrogens is 529 g/mol. The number of aliphatic hydroxyl groups is 1. The van der Waals surface area contributed by atoms with Crippen molar-refractivity contribution in [1.29, 1.82) is 0 Å². The third kappa shape index (κ3) is 5.26. The van der Waals surface area contributed by atoms with Gasteiger partial charge in [0, 0.05) is 11.6 Å². The van der Waals surface area contributed by atoms with Gasteiger partial charge in [-0.3, -0.25) is 13.9 Å². The Labute approximate surface area is 214 Å². The minimum Gasteiger partial charge on any atom is -0.480 e. The van der Waals surface area contributed by atoms with E-state index in [1.54, 1.807) is 36.4 Å². The molecule has 0 radical (unpaired) electrons. The van der Waals surface area contributed by atoms with E-state index in [4.69, 9.17) is 19.5 Å². The highest BCUT2D eigenvalue weighted by Crippen LogP contribution is 2.52. The molecule has 5 N–H and O–H groups in total. The molecule has 3 aromatic rings. The normalized spacial score (nSPS) is 27.6. The van der Waals surface area contributed by atoms with E-state index in [9.17, 15) is 24.4 Å². The van der Waals surface area contributed by atoms with Crippen LogP contribution in [0.15, 0.2) is 59.5 Å². The summed E-state index contributed by atoms with van der Waals surface area (Å²) >= 11 is 0. The molecule has 1 saturated heterocycles. The Morgan fingerprint density at radius 2 is 1.97 bits per heavy atom. The Bertz CT molecular complexity index is 1470. The molecule has 12 nitrogen and oxygen atoms in total. The number of carboxylic acid groups (broad SMARTS) is 1. The molecule has 4 rings (SSSR count). The lowest BCUT2D eigenvalue weighted by Crippen LogP contribution is -2.47. The van der Waals surface area contributed by atoms with E-state index in [0.717, 1.165) is 26.1 Å². The zero-order valence-corrected chi connectivity index (χ0v) is 21.0. The van der Waals surface area contributed by atoms with Gasteiger partial charge in [-0.1, -0.05) is 36.4 Å². The van der Waals surface area contributed by atoms with Gasteiger partial charge in [0.25, 0.3) is 5.85 Å². The molecule has 0 aliphatic carbocycles. The van der Waals surface area contributed by atoms with E-state index in [1.165, 1.54) is 6.07 Å². The number of nitrogens with two attached hydrogens (primary N) is 1. The number of hydrogen-bond acceptors (Lipinski definition) is 9. The topological polar surface area (TPSA) is 175 Å². The number of rotatable bonds is 9. The molecule has 1 aliphatic heterocycles. The third-order valence-electron chi connectivity index (χ3n) is 5.96. The Kier molecular flexibility index (Phi) is 7.30. The van der Waals surface area contributed by atoms with E-state index < -0.39 is 55.9 Å². The first-order valence-electron chi connectivity index (χ1n) is 11.3. The molecule has 204 valence electrons. The number of fused-ring (bicyclic) bond motifs is 1. The number of hydrogen-bond donors (Lipinski definition) is 4. The first-order chi connectivity index (χ1) is 17.8. The number of aliphatic carboxylic acids is 1. The fourth-order valence-electron chi connectivity index (χ4n) is 3.93. The smallest absolute Gasteiger partial charge is 0.459 e. The average Bonchev–Trinajstić information content (AvgIpc) is 3.03. The first-order valence-corrected chi connectivity index (χ1v) is 12.8. The lowest BCUT2D eigenvalue weighted by atomic mass is 9.97. The van der Waals surface area contributed by atoms with Crippen LogP contribution in [0.25, 0.3) is 10.8 Å². The predicted molar refractivity (Wildman–Crippen MR) is 131 cm³/mol. The second kappa shape index (κ2) is 10.0. The van der Waals surface area contributed by atoms with Crippen LogP contribution in [0.2, 0.25) is 0 Å². The molecule has 6 atom stereocenters. The van der Waals surface area contributed by atoms with Gasteiger partial charge >= 0.3 is 19.4 Å². The number of nitrogens with zero attached hydrogens (tertiary/aromatic N) is 2. The molecule has 1 aliphatic rings. The number of aliphatic hydroxyl groups excluding tert-OH is 1. The lowest BCUT2D eigenvalue weighted by Gasteiger charge is -2.28. The summed E-state index contributed by atoms with van der Waals surface area (Å²) in [5.74, 6) is -4.93. The van der Waals surface area contributed by atoms with Crippen LogP contribution in [0.1, 0.15) is 20.1 Å². The minimum atomic E-state index is -4.71. The summed E-state index contributed by atoms with van der Waals surface area (Å²) in [6, 6.07) is 11.3. The molecule has 0 saturated carbocycles. The van der Waals surface area contributed by atoms with Crippen molar-refractivity contribution in [2.45, 2.75) is 43.7 Å². The van der Waals surface area contributed by atoms with Crippen molar-refractivity contribution in [1.82, 2.24) is 14.6 Å². The Morgan fingerprint density at radius 3 is 2.66 bits per heavy atom. The Balaban J connectivity index is 1.64. The standard InChI is InChI=1S/C23H25F2N4O8P/c1-13(18(30)31)28-38(34,37-16-9-5-7-14-6-3-4-8-15(14)16)35-12-23(25)19(32)22(2,24)20(36-23)29-11-10-17(26)27-21(29)33/h3-11,13,19-20,32H,12H2,1-2H3,(H,28,34)(H,30,31)(H2,26,27,33)/t13-,19-,20+,22+,23+,38?/m0/s1. The van der Waals surface area contributed by atoms with Crippen LogP contribution in [0.4, 0.5) is 14.6 Å². The van der Waals surface area contributed by atoms with Crippen LogP contribution in [-0.2, 0) is 18.6 Å². The van der Waals surface area contributed by atoms with Crippen LogP contribution in [0.3, 0.4) is 0 Å². The second-order valence-electron chi connectivity index (χ2n) is 8.88. The number of anilines is 1. The number of ether oxygens (including phenoxy) is 1. The third-order valence-corrected chi connectivity index (χ3v) is 7.57. The summed E-state index contributed by atoms with van der Waals surface area (Å²) in [6.07, 6.45) is -3.53. The van der Waals surface area contributed by atoms with Crippen LogP contribution in [0.5, 0.6) is 5.75 Å². The van der Waals surface area contributed by atoms with Gasteiger partial charge in [0.05, 0.1) is 0 Å². The minimum absolute atomic E-state index is 0.0185. The zero-order valence-electron chi connectivity index (χ0n) is 20.2. The number of halogens is 2. The zero-order chi connectivity index (χ0) is 27.9. The summed E-state index contributed by atoms with van der Waals surface area (Å²) in [4.78, 5) is 27.1. The van der Waals surface area contributed by atoms with Gasteiger partial charge in [-0.05, 0) is 31.4 Å². The van der Waals surface area contributed by atoms with Gasteiger partial charge in [0.2, 0.25) is 0 Å². The quantitative estimate of drug-likeness (QED) is 0.286. The van der Waals surface area contributed by atoms with Crippen molar-refractivity contribution in [2.75, 3.05) is 12.3 Å². The van der Waals surface area contributed by atoms with Crippen molar-refractivity contribution in [3.8, 4) is 5.75 Å². The van der Waals surface area contributed by atoms with Crippen molar-refractivity contribution < 1.29 is 42.1 Å². The molecule has 0 spiro atoms.